The predicted molar refractivity (Wildman–Crippen MR) is 56.4 cm³/mol. The van der Waals surface area contributed by atoms with Crippen LogP contribution in [0.5, 0.6) is 0 Å². The summed E-state index contributed by atoms with van der Waals surface area (Å²) in [6, 6.07) is 0. The fourth-order valence-electron chi connectivity index (χ4n) is 1.65. The Morgan fingerprint density at radius 3 is 2.81 bits per heavy atom. The molecule has 2 heterocycles. The molecule has 0 fully saturated rings. The van der Waals surface area contributed by atoms with Gasteiger partial charge in [-0.3, -0.25) is 5.01 Å². The van der Waals surface area contributed by atoms with Crippen molar-refractivity contribution in [3.8, 4) is 0 Å². The normalized spacial score (nSPS) is 19.9. The Morgan fingerprint density at radius 2 is 2.19 bits per heavy atom. The van der Waals surface area contributed by atoms with E-state index < -0.39 is 0 Å². The largest absolute Gasteiger partial charge is 0.493 e. The fourth-order valence-corrected chi connectivity index (χ4v) is 1.65. The summed E-state index contributed by atoms with van der Waals surface area (Å²) >= 11 is 0. The lowest BCUT2D eigenvalue weighted by molar-refractivity contribution is 0.0417. The molecule has 0 radical (unpaired) electrons. The van der Waals surface area contributed by atoms with Gasteiger partial charge in [0, 0.05) is 24.3 Å². The molecule has 0 amide bonds. The highest BCUT2D eigenvalue weighted by Gasteiger charge is 2.29. The van der Waals surface area contributed by atoms with Crippen LogP contribution in [0, 0.1) is 0 Å². The molecule has 0 aromatic heterocycles. The van der Waals surface area contributed by atoms with Crippen LogP contribution in [0.15, 0.2) is 28.5 Å². The zero-order valence-corrected chi connectivity index (χ0v) is 8.88. The minimum atomic E-state index is -0.225. The molecule has 0 bridgehead atoms. The van der Waals surface area contributed by atoms with Crippen molar-refractivity contribution in [2.24, 2.45) is 4.99 Å². The van der Waals surface area contributed by atoms with Crippen molar-refractivity contribution >= 4 is 5.71 Å². The molecule has 0 saturated heterocycles. The second-order valence-corrected chi connectivity index (χ2v) is 3.51. The third kappa shape index (κ3) is 1.64. The number of nitrogens with zero attached hydrogens (tertiary/aromatic N) is 3. The van der Waals surface area contributed by atoms with Gasteiger partial charge in [-0.25, -0.2) is 10.0 Å². The number of aliphatic hydroxyl groups excluding tert-OH is 3. The molecular weight excluding hydrogens is 212 g/mol. The Hall–Kier alpha value is -1.57. The average molecular weight is 226 g/mol. The van der Waals surface area contributed by atoms with Crippen molar-refractivity contribution in [2.75, 3.05) is 13.3 Å². The van der Waals surface area contributed by atoms with Crippen LogP contribution in [0.3, 0.4) is 0 Å². The number of fused-ring (bicyclic) bond motifs is 1. The maximum absolute atomic E-state index is 9.96. The molecule has 0 atom stereocenters. The molecule has 16 heavy (non-hydrogen) atoms. The predicted octanol–water partition coefficient (Wildman–Crippen LogP) is -0.601. The maximum atomic E-state index is 9.96. The van der Waals surface area contributed by atoms with E-state index in [1.54, 1.807) is 13.1 Å². The number of nitrogens with one attached hydrogen (secondary N) is 1. The first-order valence-electron chi connectivity index (χ1n) is 4.91. The second-order valence-electron chi connectivity index (χ2n) is 3.51. The first kappa shape index (κ1) is 10.9. The van der Waals surface area contributed by atoms with Gasteiger partial charge in [-0.05, 0) is 6.92 Å². The van der Waals surface area contributed by atoms with E-state index in [0.717, 1.165) is 0 Å². The van der Waals surface area contributed by atoms with Gasteiger partial charge in [-0.2, -0.15) is 0 Å². The minimum absolute atomic E-state index is 0.00347. The monoisotopic (exact) mass is 226 g/mol. The van der Waals surface area contributed by atoms with Crippen LogP contribution < -0.4 is 5.53 Å². The summed E-state index contributed by atoms with van der Waals surface area (Å²) in [5, 5.41) is 30.5. The SMILES string of the molecule is CC1=NC2=CN(CO)NN2C(O)=C1CCO. The van der Waals surface area contributed by atoms with Gasteiger partial charge >= 0.3 is 0 Å². The maximum Gasteiger partial charge on any atom is 0.214 e. The molecule has 0 aromatic rings. The van der Waals surface area contributed by atoms with E-state index in [0.29, 0.717) is 23.5 Å². The topological polar surface area (TPSA) is 91.6 Å². The van der Waals surface area contributed by atoms with Gasteiger partial charge in [-0.1, -0.05) is 0 Å². The van der Waals surface area contributed by atoms with Crippen LogP contribution in [0.4, 0.5) is 0 Å². The number of rotatable bonds is 3. The summed E-state index contributed by atoms with van der Waals surface area (Å²) in [7, 11) is 0. The number of hydrogen-bond donors (Lipinski definition) is 4. The summed E-state index contributed by atoms with van der Waals surface area (Å²) in [6.45, 7) is 1.49. The van der Waals surface area contributed by atoms with Crippen molar-refractivity contribution < 1.29 is 15.3 Å². The van der Waals surface area contributed by atoms with E-state index >= 15 is 0 Å². The Bertz CT molecular complexity index is 388. The van der Waals surface area contributed by atoms with Crippen molar-refractivity contribution in [3.05, 3.63) is 23.5 Å². The van der Waals surface area contributed by atoms with Crippen LogP contribution in [-0.4, -0.2) is 44.4 Å². The molecular formula is C9H14N4O3. The Morgan fingerprint density at radius 1 is 1.44 bits per heavy atom. The Kier molecular flexibility index (Phi) is 2.82. The van der Waals surface area contributed by atoms with Gasteiger partial charge in [0.25, 0.3) is 0 Å². The molecule has 7 nitrogen and oxygen atoms in total. The number of hydrogen-bond acceptors (Lipinski definition) is 7. The van der Waals surface area contributed by atoms with Crippen LogP contribution >= 0.6 is 0 Å². The highest BCUT2D eigenvalue weighted by molar-refractivity contribution is 5.99. The lowest BCUT2D eigenvalue weighted by Gasteiger charge is -2.26. The summed E-state index contributed by atoms with van der Waals surface area (Å²) in [5.74, 6) is 0.509. The molecule has 0 spiro atoms. The second kappa shape index (κ2) is 4.12. The molecule has 0 aliphatic carbocycles. The van der Waals surface area contributed by atoms with Gasteiger partial charge in [-0.15, -0.1) is 5.53 Å². The van der Waals surface area contributed by atoms with Gasteiger partial charge in [0.05, 0.1) is 6.20 Å². The highest BCUT2D eigenvalue weighted by Crippen LogP contribution is 2.26. The van der Waals surface area contributed by atoms with E-state index in [9.17, 15) is 5.11 Å². The van der Waals surface area contributed by atoms with Crippen LogP contribution in [0.1, 0.15) is 13.3 Å². The molecule has 0 aromatic carbocycles. The first-order valence-corrected chi connectivity index (χ1v) is 4.91. The molecule has 2 rings (SSSR count). The number of aliphatic imine (C=N–C) groups is 1. The highest BCUT2D eigenvalue weighted by atomic mass is 16.3. The minimum Gasteiger partial charge on any atom is -0.493 e. The summed E-state index contributed by atoms with van der Waals surface area (Å²) in [4.78, 5) is 4.25. The van der Waals surface area contributed by atoms with E-state index in [-0.39, 0.29) is 19.2 Å². The molecule has 0 saturated carbocycles. The molecule has 0 unspecified atom stereocenters. The van der Waals surface area contributed by atoms with Gasteiger partial charge in [0.15, 0.2) is 5.82 Å². The van der Waals surface area contributed by atoms with E-state index in [1.165, 1.54) is 10.0 Å². The smallest absolute Gasteiger partial charge is 0.214 e. The van der Waals surface area contributed by atoms with Crippen molar-refractivity contribution in [1.82, 2.24) is 15.6 Å². The zero-order chi connectivity index (χ0) is 11.7. The number of aliphatic hydroxyl groups is 3. The quantitative estimate of drug-likeness (QED) is 0.513. The van der Waals surface area contributed by atoms with E-state index in [2.05, 4.69) is 10.5 Å². The number of hydrazine groups is 2. The van der Waals surface area contributed by atoms with Crippen LogP contribution in [-0.2, 0) is 0 Å². The molecule has 2 aliphatic rings. The zero-order valence-electron chi connectivity index (χ0n) is 8.88. The lowest BCUT2D eigenvalue weighted by atomic mass is 10.1. The third-order valence-electron chi connectivity index (χ3n) is 2.44. The van der Waals surface area contributed by atoms with Gasteiger partial charge < -0.3 is 15.3 Å². The van der Waals surface area contributed by atoms with Crippen molar-refractivity contribution in [1.29, 1.82) is 0 Å². The van der Waals surface area contributed by atoms with Crippen molar-refractivity contribution in [3.63, 3.8) is 0 Å². The standard InChI is InChI=1S/C9H14N4O3/c1-6-7(2-3-14)9(16)13-8(10-6)4-12(5-15)11-13/h4,11,14-16H,2-3,5H2,1H3. The Balaban J connectivity index is 2.31. The lowest BCUT2D eigenvalue weighted by Crippen LogP contribution is -2.42. The average Bonchev–Trinajstić information content (AvgIpc) is 2.67. The Labute approximate surface area is 92.6 Å². The molecule has 4 N–H and O–H groups in total. The van der Waals surface area contributed by atoms with E-state index in [1.807, 2.05) is 0 Å². The van der Waals surface area contributed by atoms with Crippen molar-refractivity contribution in [2.45, 2.75) is 13.3 Å². The molecule has 88 valence electrons. The van der Waals surface area contributed by atoms with Crippen LogP contribution in [0.25, 0.3) is 0 Å². The first-order chi connectivity index (χ1) is 7.67. The van der Waals surface area contributed by atoms with Crippen LogP contribution in [0.2, 0.25) is 0 Å². The summed E-state index contributed by atoms with van der Waals surface area (Å²) in [5.41, 5.74) is 3.98. The van der Waals surface area contributed by atoms with Gasteiger partial charge in [0.2, 0.25) is 5.88 Å². The third-order valence-corrected chi connectivity index (χ3v) is 2.44. The van der Waals surface area contributed by atoms with Gasteiger partial charge in [0.1, 0.15) is 6.73 Å². The molecule has 2 aliphatic heterocycles. The fraction of sp³-hybridized carbons (Fsp3) is 0.444. The van der Waals surface area contributed by atoms with E-state index in [4.69, 9.17) is 10.2 Å². The summed E-state index contributed by atoms with van der Waals surface area (Å²) in [6.07, 6.45) is 1.92. The molecule has 7 heteroatoms. The summed E-state index contributed by atoms with van der Waals surface area (Å²) < 4.78 is 0.